The number of ether oxygens (including phenoxy) is 2. The molecule has 0 aliphatic carbocycles. The van der Waals surface area contributed by atoms with Crippen molar-refractivity contribution in [2.75, 3.05) is 67.7 Å². The summed E-state index contributed by atoms with van der Waals surface area (Å²) in [6.07, 6.45) is 3.95. The Balaban J connectivity index is 1.25. The molecule has 0 bridgehead atoms. The Hall–Kier alpha value is -3.46. The fourth-order valence-corrected chi connectivity index (χ4v) is 5.95. The van der Waals surface area contributed by atoms with Crippen molar-refractivity contribution in [2.24, 2.45) is 11.1 Å². The van der Waals surface area contributed by atoms with Gasteiger partial charge in [-0.25, -0.2) is 14.8 Å². The average molecular weight is 504 g/mol. The third-order valence-electron chi connectivity index (χ3n) is 8.30. The smallest absolute Gasteiger partial charge is 0.189 e. The average Bonchev–Trinajstić information content (AvgIpc) is 3.48. The molecular formula is C26H33N9O2. The van der Waals surface area contributed by atoms with E-state index in [9.17, 15) is 0 Å². The van der Waals surface area contributed by atoms with Crippen LogP contribution < -0.4 is 20.4 Å². The van der Waals surface area contributed by atoms with Crippen LogP contribution in [0.2, 0.25) is 0 Å². The first-order valence-electron chi connectivity index (χ1n) is 12.9. The lowest BCUT2D eigenvalue weighted by molar-refractivity contribution is 0.0974. The van der Waals surface area contributed by atoms with Gasteiger partial charge in [-0.15, -0.1) is 0 Å². The first-order chi connectivity index (χ1) is 18.0. The summed E-state index contributed by atoms with van der Waals surface area (Å²) in [5.74, 6) is 1.60. The second kappa shape index (κ2) is 9.45. The lowest BCUT2D eigenvalue weighted by atomic mass is 9.73. The third-order valence-corrected chi connectivity index (χ3v) is 8.30. The lowest BCUT2D eigenvalue weighted by Crippen LogP contribution is -2.50. The molecule has 3 aliphatic rings. The summed E-state index contributed by atoms with van der Waals surface area (Å²) >= 11 is 0. The Kier molecular flexibility index (Phi) is 6.10. The van der Waals surface area contributed by atoms with Crippen LogP contribution in [0.15, 0.2) is 24.4 Å². The zero-order valence-electron chi connectivity index (χ0n) is 21.4. The van der Waals surface area contributed by atoms with Gasteiger partial charge in [0.15, 0.2) is 22.7 Å². The van der Waals surface area contributed by atoms with Crippen LogP contribution in [0.3, 0.4) is 0 Å². The van der Waals surface area contributed by atoms with Gasteiger partial charge in [0.1, 0.15) is 5.82 Å². The molecule has 2 aromatic heterocycles. The maximum atomic E-state index is 7.45. The molecule has 3 N–H and O–H groups in total. The predicted molar refractivity (Wildman–Crippen MR) is 143 cm³/mol. The largest absolute Gasteiger partial charge is 0.383 e. The van der Waals surface area contributed by atoms with Gasteiger partial charge >= 0.3 is 0 Å². The van der Waals surface area contributed by atoms with Crippen molar-refractivity contribution in [3.05, 3.63) is 35.8 Å². The SMILES string of the molecule is [C-]#[N+]c1ccc2c(c1)N(CCOC)CCN2c1n[nH]c2nc(N3CCC4(CC3)CO[C@@H](C)[C@H]4N)cnc12. The van der Waals surface area contributed by atoms with Crippen molar-refractivity contribution >= 4 is 39.9 Å². The molecule has 0 radical (unpaired) electrons. The third kappa shape index (κ3) is 4.05. The summed E-state index contributed by atoms with van der Waals surface area (Å²) in [6.45, 7) is 14.9. The summed E-state index contributed by atoms with van der Waals surface area (Å²) in [7, 11) is 1.70. The molecule has 37 heavy (non-hydrogen) atoms. The maximum absolute atomic E-state index is 7.45. The first kappa shape index (κ1) is 23.9. The van der Waals surface area contributed by atoms with Crippen LogP contribution in [0.5, 0.6) is 0 Å². The van der Waals surface area contributed by atoms with Crippen molar-refractivity contribution in [1.29, 1.82) is 0 Å². The van der Waals surface area contributed by atoms with Gasteiger partial charge < -0.3 is 29.9 Å². The molecule has 3 aromatic rings. The van der Waals surface area contributed by atoms with Gasteiger partial charge in [-0.2, -0.15) is 5.10 Å². The summed E-state index contributed by atoms with van der Waals surface area (Å²) < 4.78 is 11.2. The molecule has 194 valence electrons. The standard InChI is InChI=1S/C26H33N9O2/c1-17-23(27)26(16-37-17)6-8-34(9-7-26)21-15-29-22-24(30-21)31-32-25(22)35-11-10-33(12-13-36-3)20-14-18(28-2)4-5-19(20)35/h4-5,14-15,17,23H,6-13,16,27H2,1,3H3,(H,30,31,32)/t17-,23+/m0/s1. The van der Waals surface area contributed by atoms with Crippen LogP contribution in [-0.2, 0) is 9.47 Å². The Bertz CT molecular complexity index is 1330. The molecule has 6 rings (SSSR count). The summed E-state index contributed by atoms with van der Waals surface area (Å²) in [4.78, 5) is 20.0. The number of nitrogens with zero attached hydrogens (tertiary/aromatic N) is 7. The lowest BCUT2D eigenvalue weighted by Gasteiger charge is -2.41. The van der Waals surface area contributed by atoms with Gasteiger partial charge in [0.05, 0.1) is 43.5 Å². The molecule has 1 aromatic carbocycles. The Morgan fingerprint density at radius 2 is 2.08 bits per heavy atom. The number of aromatic nitrogens is 4. The van der Waals surface area contributed by atoms with Gasteiger partial charge in [-0.3, -0.25) is 5.10 Å². The normalized spacial score (nSPS) is 23.0. The number of piperidine rings is 1. The van der Waals surface area contributed by atoms with E-state index in [0.717, 1.165) is 80.7 Å². The van der Waals surface area contributed by atoms with E-state index in [1.807, 2.05) is 24.4 Å². The van der Waals surface area contributed by atoms with Gasteiger partial charge in [0.25, 0.3) is 0 Å². The van der Waals surface area contributed by atoms with E-state index in [1.165, 1.54) is 0 Å². The highest BCUT2D eigenvalue weighted by Crippen LogP contribution is 2.43. The topological polar surface area (TPSA) is 113 Å². The monoisotopic (exact) mass is 503 g/mol. The number of anilines is 4. The number of methoxy groups -OCH3 is 1. The highest BCUT2D eigenvalue weighted by Gasteiger charge is 2.47. The second-order valence-corrected chi connectivity index (χ2v) is 10.3. The molecule has 3 aliphatic heterocycles. The van der Waals surface area contributed by atoms with Crippen LogP contribution in [-0.4, -0.2) is 85.4 Å². The fourth-order valence-electron chi connectivity index (χ4n) is 5.95. The predicted octanol–water partition coefficient (Wildman–Crippen LogP) is 2.84. The van der Waals surface area contributed by atoms with Gasteiger partial charge in [-0.05, 0) is 31.9 Å². The highest BCUT2D eigenvalue weighted by molar-refractivity contribution is 5.91. The van der Waals surface area contributed by atoms with Gasteiger partial charge in [-0.1, -0.05) is 6.07 Å². The molecule has 2 saturated heterocycles. The first-order valence-corrected chi connectivity index (χ1v) is 12.9. The molecular weight excluding hydrogens is 470 g/mol. The van der Waals surface area contributed by atoms with Crippen LogP contribution >= 0.6 is 0 Å². The van der Waals surface area contributed by atoms with Crippen LogP contribution in [0.1, 0.15) is 19.8 Å². The highest BCUT2D eigenvalue weighted by atomic mass is 16.5. The minimum absolute atomic E-state index is 0.0699. The summed E-state index contributed by atoms with van der Waals surface area (Å²) in [5, 5.41) is 7.74. The van der Waals surface area contributed by atoms with E-state index in [1.54, 1.807) is 7.11 Å². The summed E-state index contributed by atoms with van der Waals surface area (Å²) in [5.41, 5.74) is 10.6. The number of H-pyrrole nitrogens is 1. The molecule has 0 unspecified atom stereocenters. The van der Waals surface area contributed by atoms with Gasteiger partial charge in [0, 0.05) is 51.3 Å². The van der Waals surface area contributed by atoms with E-state index < -0.39 is 0 Å². The molecule has 11 heteroatoms. The fraction of sp³-hybridized carbons (Fsp3) is 0.538. The molecule has 2 fully saturated rings. The number of benzene rings is 1. The number of hydrogen-bond donors (Lipinski definition) is 2. The van der Waals surface area contributed by atoms with Crippen molar-refractivity contribution in [1.82, 2.24) is 20.2 Å². The van der Waals surface area contributed by atoms with Crippen molar-refractivity contribution in [3.63, 3.8) is 0 Å². The zero-order chi connectivity index (χ0) is 25.6. The number of hydrogen-bond acceptors (Lipinski definition) is 9. The van der Waals surface area contributed by atoms with Crippen LogP contribution in [0.25, 0.3) is 16.0 Å². The van der Waals surface area contributed by atoms with Crippen molar-refractivity contribution in [3.8, 4) is 0 Å². The molecule has 1 spiro atoms. The van der Waals surface area contributed by atoms with E-state index >= 15 is 0 Å². The van der Waals surface area contributed by atoms with E-state index in [-0.39, 0.29) is 17.6 Å². The number of rotatable bonds is 5. The van der Waals surface area contributed by atoms with Crippen LogP contribution in [0, 0.1) is 12.0 Å². The molecule has 0 saturated carbocycles. The van der Waals surface area contributed by atoms with Crippen LogP contribution in [0.4, 0.5) is 28.7 Å². The van der Waals surface area contributed by atoms with E-state index in [2.05, 4.69) is 36.7 Å². The quantitative estimate of drug-likeness (QED) is 0.508. The minimum atomic E-state index is 0.0699. The van der Waals surface area contributed by atoms with E-state index in [0.29, 0.717) is 17.9 Å². The van der Waals surface area contributed by atoms with Crippen molar-refractivity contribution < 1.29 is 9.47 Å². The maximum Gasteiger partial charge on any atom is 0.189 e. The molecule has 5 heterocycles. The zero-order valence-corrected chi connectivity index (χ0v) is 21.4. The Morgan fingerprint density at radius 3 is 2.81 bits per heavy atom. The second-order valence-electron chi connectivity index (χ2n) is 10.3. The van der Waals surface area contributed by atoms with Gasteiger partial charge in [0.2, 0.25) is 0 Å². The number of fused-ring (bicyclic) bond motifs is 2. The number of nitrogens with one attached hydrogen (secondary N) is 1. The van der Waals surface area contributed by atoms with Crippen molar-refractivity contribution in [2.45, 2.75) is 31.9 Å². The molecule has 0 amide bonds. The van der Waals surface area contributed by atoms with E-state index in [4.69, 9.17) is 31.7 Å². The molecule has 11 nitrogen and oxygen atoms in total. The number of aromatic amines is 1. The minimum Gasteiger partial charge on any atom is -0.383 e. The number of nitrogens with two attached hydrogens (primary N) is 1. The Labute approximate surface area is 216 Å². The Morgan fingerprint density at radius 1 is 1.24 bits per heavy atom. The molecule has 2 atom stereocenters. The summed E-state index contributed by atoms with van der Waals surface area (Å²) in [6, 6.07) is 5.87.